The molecule has 0 aliphatic carbocycles. The molecule has 0 bridgehead atoms. The second kappa shape index (κ2) is 11.8. The second-order valence-corrected chi connectivity index (χ2v) is 12.1. The molecule has 8 aromatic carbocycles. The predicted molar refractivity (Wildman–Crippen MR) is 204 cm³/mol. The van der Waals surface area contributed by atoms with Gasteiger partial charge in [-0.25, -0.2) is 0 Å². The van der Waals surface area contributed by atoms with Crippen molar-refractivity contribution < 1.29 is 0 Å². The van der Waals surface area contributed by atoms with Gasteiger partial charge in [0.05, 0.1) is 28.1 Å². The second-order valence-electron chi connectivity index (χ2n) is 12.1. The maximum Gasteiger partial charge on any atom is 0.0547 e. The van der Waals surface area contributed by atoms with Crippen LogP contribution in [0.2, 0.25) is 0 Å². The molecule has 48 heavy (non-hydrogen) atoms. The van der Waals surface area contributed by atoms with Crippen molar-refractivity contribution in [2.24, 2.45) is 0 Å². The largest absolute Gasteiger partial charge is 0.309 e. The van der Waals surface area contributed by atoms with E-state index in [0.29, 0.717) is 0 Å². The molecule has 2 heteroatoms. The third-order valence-corrected chi connectivity index (χ3v) is 9.39. The van der Waals surface area contributed by atoms with E-state index in [4.69, 9.17) is 0 Å². The van der Waals surface area contributed by atoms with Crippen LogP contribution in [0.5, 0.6) is 0 Å². The molecule has 1 heterocycles. The molecule has 0 saturated carbocycles. The van der Waals surface area contributed by atoms with Crippen molar-refractivity contribution in [2.45, 2.75) is 0 Å². The maximum absolute atomic E-state index is 2.45. The summed E-state index contributed by atoms with van der Waals surface area (Å²) in [6, 6.07) is 69.9. The van der Waals surface area contributed by atoms with Gasteiger partial charge < -0.3 is 9.47 Å². The van der Waals surface area contributed by atoms with E-state index in [1.807, 2.05) is 0 Å². The molecule has 0 unspecified atom stereocenters. The molecule has 226 valence electrons. The van der Waals surface area contributed by atoms with Gasteiger partial charge in [-0.15, -0.1) is 0 Å². The molecule has 1 aromatic heterocycles. The van der Waals surface area contributed by atoms with Gasteiger partial charge >= 0.3 is 0 Å². The van der Waals surface area contributed by atoms with Crippen LogP contribution < -0.4 is 4.90 Å². The topological polar surface area (TPSA) is 8.17 Å². The van der Waals surface area contributed by atoms with E-state index in [1.54, 1.807) is 0 Å². The van der Waals surface area contributed by atoms with Gasteiger partial charge in [-0.05, 0) is 58.8 Å². The Balaban J connectivity index is 1.39. The summed E-state index contributed by atoms with van der Waals surface area (Å²) >= 11 is 0. The number of nitrogens with zero attached hydrogens (tertiary/aromatic N) is 2. The van der Waals surface area contributed by atoms with Crippen LogP contribution in [0.3, 0.4) is 0 Å². The first kappa shape index (κ1) is 27.9. The van der Waals surface area contributed by atoms with E-state index < -0.39 is 0 Å². The van der Waals surface area contributed by atoms with Crippen molar-refractivity contribution in [1.82, 2.24) is 4.57 Å². The third-order valence-electron chi connectivity index (χ3n) is 9.39. The zero-order chi connectivity index (χ0) is 31.9. The van der Waals surface area contributed by atoms with Crippen LogP contribution >= 0.6 is 0 Å². The van der Waals surface area contributed by atoms with E-state index in [2.05, 4.69) is 204 Å². The van der Waals surface area contributed by atoms with Crippen molar-refractivity contribution >= 4 is 49.6 Å². The summed E-state index contributed by atoms with van der Waals surface area (Å²) in [5.74, 6) is 0. The highest BCUT2D eigenvalue weighted by Gasteiger charge is 2.24. The fourth-order valence-corrected chi connectivity index (χ4v) is 7.31. The van der Waals surface area contributed by atoms with E-state index in [1.165, 1.54) is 49.3 Å². The van der Waals surface area contributed by atoms with E-state index in [9.17, 15) is 0 Å². The van der Waals surface area contributed by atoms with Gasteiger partial charge in [0.15, 0.2) is 0 Å². The quantitative estimate of drug-likeness (QED) is 0.181. The normalized spacial score (nSPS) is 11.3. The monoisotopic (exact) mass is 612 g/mol. The number of para-hydroxylation sites is 5. The average Bonchev–Trinajstić information content (AvgIpc) is 3.50. The lowest BCUT2D eigenvalue weighted by atomic mass is 9.93. The molecule has 0 saturated heterocycles. The van der Waals surface area contributed by atoms with Crippen LogP contribution in [0.1, 0.15) is 0 Å². The summed E-state index contributed by atoms with van der Waals surface area (Å²) in [5, 5.41) is 4.93. The van der Waals surface area contributed by atoms with E-state index >= 15 is 0 Å². The average molecular weight is 613 g/mol. The SMILES string of the molecule is c1ccc(-c2ccccc2N(c2ccccc2)c2ccccc2-c2c(-n3c4ccccc4c4ccccc43)ccc3ccccc23)cc1. The Morgan fingerprint density at radius 1 is 0.354 bits per heavy atom. The number of anilines is 3. The van der Waals surface area contributed by atoms with Gasteiger partial charge in [0.1, 0.15) is 0 Å². The molecule has 0 aliphatic rings. The van der Waals surface area contributed by atoms with Crippen LogP contribution in [0.15, 0.2) is 194 Å². The molecule has 0 atom stereocenters. The summed E-state index contributed by atoms with van der Waals surface area (Å²) in [7, 11) is 0. The van der Waals surface area contributed by atoms with Gasteiger partial charge in [-0.2, -0.15) is 0 Å². The Bertz CT molecular complexity index is 2510. The van der Waals surface area contributed by atoms with E-state index in [0.717, 1.165) is 28.3 Å². The molecule has 0 radical (unpaired) electrons. The lowest BCUT2D eigenvalue weighted by Gasteiger charge is -2.30. The fourth-order valence-electron chi connectivity index (χ4n) is 7.31. The first-order valence-electron chi connectivity index (χ1n) is 16.5. The van der Waals surface area contributed by atoms with Gasteiger partial charge in [-0.3, -0.25) is 0 Å². The molecule has 2 nitrogen and oxygen atoms in total. The maximum atomic E-state index is 2.45. The highest BCUT2D eigenvalue weighted by Crippen LogP contribution is 2.48. The summed E-state index contributed by atoms with van der Waals surface area (Å²) in [5.41, 5.74) is 11.6. The van der Waals surface area contributed by atoms with Gasteiger partial charge in [0.25, 0.3) is 0 Å². The van der Waals surface area contributed by atoms with Crippen molar-refractivity contribution in [3.63, 3.8) is 0 Å². The Morgan fingerprint density at radius 3 is 1.54 bits per heavy atom. The van der Waals surface area contributed by atoms with Crippen LogP contribution in [-0.2, 0) is 0 Å². The van der Waals surface area contributed by atoms with Crippen molar-refractivity contribution in [3.8, 4) is 27.9 Å². The summed E-state index contributed by atoms with van der Waals surface area (Å²) in [4.78, 5) is 2.43. The first-order chi connectivity index (χ1) is 23.9. The summed E-state index contributed by atoms with van der Waals surface area (Å²) in [6.07, 6.45) is 0. The highest BCUT2D eigenvalue weighted by atomic mass is 15.1. The number of benzene rings is 8. The molecule has 0 aliphatic heterocycles. The zero-order valence-electron chi connectivity index (χ0n) is 26.4. The standard InChI is InChI=1S/C46H32N2/c1-3-17-33(18-4-1)36-22-9-13-27-41(36)47(35-20-5-2-6-21-35)44-30-16-12-26-40(44)46-37-23-8-7-19-34(37)31-32-45(46)48-42-28-14-10-24-38(42)39-25-11-15-29-43(39)48/h1-32H. The molecular weight excluding hydrogens is 581 g/mol. The minimum absolute atomic E-state index is 1.10. The fraction of sp³-hybridized carbons (Fsp3) is 0. The molecule has 0 amide bonds. The number of rotatable bonds is 6. The smallest absolute Gasteiger partial charge is 0.0547 e. The van der Waals surface area contributed by atoms with Crippen LogP contribution in [0, 0.1) is 0 Å². The predicted octanol–water partition coefficient (Wildman–Crippen LogP) is 12.7. The summed E-state index contributed by atoms with van der Waals surface area (Å²) < 4.78 is 2.45. The van der Waals surface area contributed by atoms with Gasteiger partial charge in [0, 0.05) is 33.2 Å². The molecule has 0 spiro atoms. The highest BCUT2D eigenvalue weighted by molar-refractivity contribution is 6.12. The summed E-state index contributed by atoms with van der Waals surface area (Å²) in [6.45, 7) is 0. The Labute approximate surface area is 280 Å². The lowest BCUT2D eigenvalue weighted by Crippen LogP contribution is -2.12. The zero-order valence-corrected chi connectivity index (χ0v) is 26.4. The van der Waals surface area contributed by atoms with Crippen molar-refractivity contribution in [3.05, 3.63) is 194 Å². The van der Waals surface area contributed by atoms with Crippen LogP contribution in [-0.4, -0.2) is 4.57 Å². The minimum Gasteiger partial charge on any atom is -0.309 e. The Hall–Kier alpha value is -6.38. The van der Waals surface area contributed by atoms with E-state index in [-0.39, 0.29) is 0 Å². The lowest BCUT2D eigenvalue weighted by molar-refractivity contribution is 1.18. The number of aromatic nitrogens is 1. The molecule has 0 fully saturated rings. The Morgan fingerprint density at radius 2 is 0.854 bits per heavy atom. The number of hydrogen-bond acceptors (Lipinski definition) is 1. The molecule has 9 rings (SSSR count). The van der Waals surface area contributed by atoms with Crippen molar-refractivity contribution in [2.75, 3.05) is 4.90 Å². The number of hydrogen-bond donors (Lipinski definition) is 0. The molecular formula is C46H32N2. The minimum atomic E-state index is 1.10. The van der Waals surface area contributed by atoms with Crippen LogP contribution in [0.4, 0.5) is 17.1 Å². The molecule has 9 aromatic rings. The van der Waals surface area contributed by atoms with Gasteiger partial charge in [-0.1, -0.05) is 152 Å². The Kier molecular flexibility index (Phi) is 6.84. The first-order valence-corrected chi connectivity index (χ1v) is 16.5. The van der Waals surface area contributed by atoms with Crippen LogP contribution in [0.25, 0.3) is 60.5 Å². The molecule has 0 N–H and O–H groups in total. The van der Waals surface area contributed by atoms with Gasteiger partial charge in [0.2, 0.25) is 0 Å². The van der Waals surface area contributed by atoms with Crippen molar-refractivity contribution in [1.29, 1.82) is 0 Å². The number of fused-ring (bicyclic) bond motifs is 4. The third kappa shape index (κ3) is 4.58.